The molecule has 0 spiro atoms. The molecule has 2 aromatic carbocycles. The number of nitrogens with one attached hydrogen (secondary N) is 2. The van der Waals surface area contributed by atoms with E-state index in [4.69, 9.17) is 5.11 Å². The molecule has 0 saturated heterocycles. The van der Waals surface area contributed by atoms with Gasteiger partial charge in [0.25, 0.3) is 0 Å². The number of aromatic nitrogens is 1. The second-order valence-electron chi connectivity index (χ2n) is 7.39. The van der Waals surface area contributed by atoms with Crippen molar-refractivity contribution in [3.8, 4) is 0 Å². The molecule has 1 saturated carbocycles. The highest BCUT2D eigenvalue weighted by Gasteiger charge is 2.55. The number of nitrogens with zero attached hydrogens (tertiary/aromatic N) is 1. The molecule has 166 valence electrons. The van der Waals surface area contributed by atoms with Gasteiger partial charge in [-0.1, -0.05) is 0 Å². The molecule has 1 aromatic heterocycles. The predicted molar refractivity (Wildman–Crippen MR) is 124 cm³/mol. The summed E-state index contributed by atoms with van der Waals surface area (Å²) in [7, 11) is -4.05. The van der Waals surface area contributed by atoms with E-state index in [2.05, 4.69) is 15.0 Å². The van der Waals surface area contributed by atoms with Crippen LogP contribution in [-0.4, -0.2) is 41.1 Å². The quantitative estimate of drug-likeness (QED) is 0.300. The molecule has 31 heavy (non-hydrogen) atoms. The van der Waals surface area contributed by atoms with E-state index in [1.165, 1.54) is 23.7 Å². The van der Waals surface area contributed by atoms with Crippen LogP contribution in [0.4, 0.5) is 25.8 Å². The molecule has 1 unspecified atom stereocenters. The standard InChI is InChI=1S/C19H18F2IN3O4S2/c20-12-5-10(22)1-2-13(12)24-17-14(6-15-18(16(17)21)23-9-30-15)25-31(28,29)19(3-4-19)7-11(27)8-26/h1-2,5-6,9,11,24-27H,3-4,7-8H2. The summed E-state index contributed by atoms with van der Waals surface area (Å²) in [4.78, 5) is 3.98. The Labute approximate surface area is 194 Å². The third kappa shape index (κ3) is 4.35. The zero-order valence-corrected chi connectivity index (χ0v) is 19.7. The van der Waals surface area contributed by atoms with Gasteiger partial charge in [-0.15, -0.1) is 11.3 Å². The average Bonchev–Trinajstić information content (AvgIpc) is 3.35. The van der Waals surface area contributed by atoms with Crippen molar-refractivity contribution in [2.75, 3.05) is 16.6 Å². The Morgan fingerprint density at radius 1 is 1.26 bits per heavy atom. The molecule has 0 bridgehead atoms. The van der Waals surface area contributed by atoms with E-state index in [0.29, 0.717) is 21.1 Å². The highest BCUT2D eigenvalue weighted by atomic mass is 127. The number of thiazole rings is 1. The van der Waals surface area contributed by atoms with Crippen LogP contribution in [-0.2, 0) is 10.0 Å². The fourth-order valence-corrected chi connectivity index (χ4v) is 6.24. The molecular formula is C19H18F2IN3O4S2. The van der Waals surface area contributed by atoms with Crippen molar-refractivity contribution in [3.05, 3.63) is 45.0 Å². The Bertz CT molecular complexity index is 1250. The van der Waals surface area contributed by atoms with Crippen LogP contribution in [0.25, 0.3) is 10.2 Å². The summed E-state index contributed by atoms with van der Waals surface area (Å²) >= 11 is 3.08. The van der Waals surface area contributed by atoms with Gasteiger partial charge in [-0.05, 0) is 66.1 Å². The molecule has 12 heteroatoms. The SMILES string of the molecule is O=S(=O)(Nc1cc2scnc2c(F)c1Nc1ccc(I)cc1F)C1(CC(O)CO)CC1. The van der Waals surface area contributed by atoms with Crippen molar-refractivity contribution in [3.63, 3.8) is 0 Å². The maximum Gasteiger partial charge on any atom is 0.238 e. The fraction of sp³-hybridized carbons (Fsp3) is 0.316. The minimum absolute atomic E-state index is 0.0221. The number of halogens is 3. The van der Waals surface area contributed by atoms with E-state index in [9.17, 15) is 17.9 Å². The largest absolute Gasteiger partial charge is 0.394 e. The van der Waals surface area contributed by atoms with Crippen molar-refractivity contribution in [2.45, 2.75) is 30.1 Å². The van der Waals surface area contributed by atoms with Crippen LogP contribution < -0.4 is 10.0 Å². The van der Waals surface area contributed by atoms with Crippen LogP contribution in [0.1, 0.15) is 19.3 Å². The third-order valence-electron chi connectivity index (χ3n) is 5.20. The maximum absolute atomic E-state index is 15.3. The first-order valence-electron chi connectivity index (χ1n) is 9.25. The molecular weight excluding hydrogens is 563 g/mol. The molecule has 0 amide bonds. The van der Waals surface area contributed by atoms with E-state index in [1.807, 2.05) is 22.6 Å². The molecule has 3 aromatic rings. The summed E-state index contributed by atoms with van der Waals surface area (Å²) in [6.45, 7) is -0.558. The van der Waals surface area contributed by atoms with E-state index in [-0.39, 0.29) is 29.0 Å². The first-order valence-corrected chi connectivity index (χ1v) is 12.7. The molecule has 1 heterocycles. The average molecular weight is 581 g/mol. The highest BCUT2D eigenvalue weighted by molar-refractivity contribution is 14.1. The summed E-state index contributed by atoms with van der Waals surface area (Å²) in [5, 5.41) is 21.5. The van der Waals surface area contributed by atoms with Crippen LogP contribution in [0.15, 0.2) is 29.8 Å². The number of benzene rings is 2. The van der Waals surface area contributed by atoms with Crippen molar-refractivity contribution in [1.82, 2.24) is 4.98 Å². The van der Waals surface area contributed by atoms with E-state index in [1.54, 1.807) is 6.07 Å². The molecule has 4 N–H and O–H groups in total. The number of aliphatic hydroxyl groups is 2. The summed E-state index contributed by atoms with van der Waals surface area (Å²) in [6, 6.07) is 5.77. The predicted octanol–water partition coefficient (Wildman–Crippen LogP) is 3.94. The van der Waals surface area contributed by atoms with Gasteiger partial charge in [0.2, 0.25) is 10.0 Å². The lowest BCUT2D eigenvalue weighted by Crippen LogP contribution is -2.34. The van der Waals surface area contributed by atoms with Crippen LogP contribution in [0, 0.1) is 15.2 Å². The van der Waals surface area contributed by atoms with Gasteiger partial charge < -0.3 is 15.5 Å². The number of fused-ring (bicyclic) bond motifs is 1. The molecule has 7 nitrogen and oxygen atoms in total. The fourth-order valence-electron chi connectivity index (χ4n) is 3.36. The monoisotopic (exact) mass is 581 g/mol. The lowest BCUT2D eigenvalue weighted by Gasteiger charge is -2.22. The number of hydrogen-bond acceptors (Lipinski definition) is 7. The van der Waals surface area contributed by atoms with E-state index < -0.39 is 39.1 Å². The van der Waals surface area contributed by atoms with Crippen LogP contribution in [0.5, 0.6) is 0 Å². The van der Waals surface area contributed by atoms with Gasteiger partial charge in [0, 0.05) is 3.57 Å². The number of anilines is 3. The summed E-state index contributed by atoms with van der Waals surface area (Å²) in [5.74, 6) is -1.43. The van der Waals surface area contributed by atoms with Crippen molar-refractivity contribution in [2.24, 2.45) is 0 Å². The molecule has 1 atom stereocenters. The summed E-state index contributed by atoms with van der Waals surface area (Å²) in [6.07, 6.45) is -0.713. The number of aliphatic hydroxyl groups excluding tert-OH is 2. The zero-order chi connectivity index (χ0) is 22.4. The molecule has 1 aliphatic rings. The highest BCUT2D eigenvalue weighted by Crippen LogP contribution is 2.49. The van der Waals surface area contributed by atoms with Gasteiger partial charge in [0.1, 0.15) is 17.0 Å². The van der Waals surface area contributed by atoms with Gasteiger partial charge in [-0.3, -0.25) is 4.72 Å². The third-order valence-corrected chi connectivity index (χ3v) is 8.85. The second kappa shape index (κ2) is 8.39. The molecule has 1 aliphatic carbocycles. The summed E-state index contributed by atoms with van der Waals surface area (Å²) in [5.41, 5.74) is 1.11. The second-order valence-corrected chi connectivity index (χ2v) is 11.6. The first kappa shape index (κ1) is 22.6. The normalized spacial score (nSPS) is 16.3. The van der Waals surface area contributed by atoms with Gasteiger partial charge >= 0.3 is 0 Å². The number of rotatable bonds is 8. The maximum atomic E-state index is 15.3. The van der Waals surface area contributed by atoms with Crippen LogP contribution in [0.3, 0.4) is 0 Å². The molecule has 4 rings (SSSR count). The van der Waals surface area contributed by atoms with Gasteiger partial charge in [-0.2, -0.15) is 0 Å². The van der Waals surface area contributed by atoms with Crippen LogP contribution >= 0.6 is 33.9 Å². The van der Waals surface area contributed by atoms with Crippen molar-refractivity contribution in [1.29, 1.82) is 0 Å². The first-order chi connectivity index (χ1) is 14.7. The van der Waals surface area contributed by atoms with Crippen molar-refractivity contribution >= 4 is 71.2 Å². The van der Waals surface area contributed by atoms with E-state index >= 15 is 4.39 Å². The lowest BCUT2D eigenvalue weighted by atomic mass is 10.2. The lowest BCUT2D eigenvalue weighted by molar-refractivity contribution is 0.0858. The van der Waals surface area contributed by atoms with Crippen molar-refractivity contribution < 1.29 is 27.4 Å². The minimum Gasteiger partial charge on any atom is -0.394 e. The van der Waals surface area contributed by atoms with Crippen LogP contribution in [0.2, 0.25) is 0 Å². The molecule has 1 fully saturated rings. The minimum atomic E-state index is -4.05. The molecule has 0 aliphatic heterocycles. The Hall–Kier alpha value is -1.61. The Balaban J connectivity index is 1.76. The Morgan fingerprint density at radius 2 is 2.00 bits per heavy atom. The van der Waals surface area contributed by atoms with Gasteiger partial charge in [0.05, 0.1) is 39.0 Å². The van der Waals surface area contributed by atoms with Gasteiger partial charge in [0.15, 0.2) is 5.82 Å². The topological polar surface area (TPSA) is 112 Å². The zero-order valence-electron chi connectivity index (χ0n) is 15.9. The Morgan fingerprint density at radius 3 is 2.65 bits per heavy atom. The number of sulfonamides is 1. The number of hydrogen-bond donors (Lipinski definition) is 4. The summed E-state index contributed by atoms with van der Waals surface area (Å²) < 4.78 is 58.1. The molecule has 0 radical (unpaired) electrons. The van der Waals surface area contributed by atoms with E-state index in [0.717, 1.165) is 11.3 Å². The Kier molecular flexibility index (Phi) is 6.11. The van der Waals surface area contributed by atoms with Gasteiger partial charge in [-0.25, -0.2) is 22.2 Å². The smallest absolute Gasteiger partial charge is 0.238 e.